The van der Waals surface area contributed by atoms with E-state index in [1.54, 1.807) is 0 Å². The first kappa shape index (κ1) is 9.79. The van der Waals surface area contributed by atoms with E-state index in [1.807, 2.05) is 30.3 Å². The van der Waals surface area contributed by atoms with Gasteiger partial charge in [-0.3, -0.25) is 0 Å². The molecule has 0 saturated carbocycles. The summed E-state index contributed by atoms with van der Waals surface area (Å²) in [6.45, 7) is 0. The van der Waals surface area contributed by atoms with Gasteiger partial charge < -0.3 is 4.42 Å². The fourth-order valence-corrected chi connectivity index (χ4v) is 2.90. The largest absolute Gasteiger partial charge is 0.432 e. The molecule has 0 N–H and O–H groups in total. The lowest BCUT2D eigenvalue weighted by atomic mass is 10.1. The zero-order valence-corrected chi connectivity index (χ0v) is 10.1. The fourth-order valence-electron chi connectivity index (χ4n) is 2.11. The van der Waals surface area contributed by atoms with Crippen LogP contribution in [-0.4, -0.2) is 9.36 Å². The predicted molar refractivity (Wildman–Crippen MR) is 71.5 cm³/mol. The molecule has 0 aliphatic heterocycles. The number of para-hydroxylation sites is 1. The summed E-state index contributed by atoms with van der Waals surface area (Å²) in [6.07, 6.45) is 2.54. The number of rotatable bonds is 1. The Labute approximate surface area is 107 Å². The van der Waals surface area contributed by atoms with Crippen LogP contribution in [0.3, 0.4) is 0 Å². The third kappa shape index (κ3) is 1.29. The Morgan fingerprint density at radius 2 is 2.00 bits per heavy atom. The molecule has 0 fully saturated rings. The minimum atomic E-state index is 0.740. The molecule has 2 aromatic carbocycles. The zero-order valence-electron chi connectivity index (χ0n) is 9.25. The van der Waals surface area contributed by atoms with E-state index in [9.17, 15) is 0 Å². The van der Waals surface area contributed by atoms with Crippen molar-refractivity contribution in [3.63, 3.8) is 0 Å². The number of oxazole rings is 1. The smallest absolute Gasteiger partial charge is 0.284 e. The first-order valence-corrected chi connectivity index (χ1v) is 6.31. The van der Waals surface area contributed by atoms with Crippen LogP contribution in [0.4, 0.5) is 0 Å². The van der Waals surface area contributed by atoms with Crippen molar-refractivity contribution in [2.75, 3.05) is 0 Å². The normalized spacial score (nSPS) is 11.3. The van der Waals surface area contributed by atoms with Gasteiger partial charge in [0.1, 0.15) is 5.52 Å². The highest BCUT2D eigenvalue weighted by Crippen LogP contribution is 2.34. The van der Waals surface area contributed by atoms with Gasteiger partial charge in [0.05, 0.1) is 10.4 Å². The maximum Gasteiger partial charge on any atom is 0.284 e. The molecule has 85 valence electrons. The van der Waals surface area contributed by atoms with Crippen molar-refractivity contribution in [3.05, 3.63) is 48.9 Å². The number of benzene rings is 2. The molecule has 0 unspecified atom stereocenters. The second-order valence-electron chi connectivity index (χ2n) is 3.98. The quantitative estimate of drug-likeness (QED) is 0.515. The molecule has 0 bridgehead atoms. The Kier molecular flexibility index (Phi) is 1.98. The zero-order chi connectivity index (χ0) is 11.9. The van der Waals surface area contributed by atoms with Gasteiger partial charge in [-0.25, -0.2) is 4.98 Å². The van der Waals surface area contributed by atoms with Gasteiger partial charge in [0.15, 0.2) is 5.58 Å². The van der Waals surface area contributed by atoms with Crippen molar-refractivity contribution in [2.24, 2.45) is 0 Å². The van der Waals surface area contributed by atoms with E-state index in [0.29, 0.717) is 0 Å². The number of aromatic nitrogens is 2. The summed E-state index contributed by atoms with van der Waals surface area (Å²) in [6, 6.07) is 14.0. The van der Waals surface area contributed by atoms with E-state index >= 15 is 0 Å². The van der Waals surface area contributed by atoms with Gasteiger partial charge in [0, 0.05) is 10.9 Å². The van der Waals surface area contributed by atoms with Gasteiger partial charge in [-0.05, 0) is 23.7 Å². The van der Waals surface area contributed by atoms with Gasteiger partial charge >= 0.3 is 0 Å². The van der Waals surface area contributed by atoms with Crippen molar-refractivity contribution in [3.8, 4) is 11.3 Å². The van der Waals surface area contributed by atoms with Gasteiger partial charge in [-0.1, -0.05) is 30.3 Å². The van der Waals surface area contributed by atoms with E-state index in [4.69, 9.17) is 4.42 Å². The highest BCUT2D eigenvalue weighted by Gasteiger charge is 2.13. The van der Waals surface area contributed by atoms with Gasteiger partial charge in [0.2, 0.25) is 0 Å². The second kappa shape index (κ2) is 3.65. The molecule has 0 saturated heterocycles. The lowest BCUT2D eigenvalue weighted by Crippen LogP contribution is -1.80. The molecule has 4 rings (SSSR count). The molecule has 0 amide bonds. The van der Waals surface area contributed by atoms with Crippen LogP contribution in [0.15, 0.2) is 46.9 Å². The summed E-state index contributed by atoms with van der Waals surface area (Å²) in [5.74, 6) is 0. The monoisotopic (exact) mass is 251 g/mol. The molecule has 18 heavy (non-hydrogen) atoms. The predicted octanol–water partition coefficient (Wildman–Crippen LogP) is 3.90. The SMILES string of the molecule is [c]1nc2c(-c3nsc4ccccc34)cccc2o1. The van der Waals surface area contributed by atoms with Gasteiger partial charge in [0.25, 0.3) is 6.39 Å². The molecule has 1 radical (unpaired) electrons. The fraction of sp³-hybridized carbons (Fsp3) is 0. The average molecular weight is 251 g/mol. The minimum Gasteiger partial charge on any atom is -0.432 e. The number of fused-ring (bicyclic) bond motifs is 2. The third-order valence-corrected chi connectivity index (χ3v) is 3.77. The molecular weight excluding hydrogens is 244 g/mol. The van der Waals surface area contributed by atoms with E-state index in [1.165, 1.54) is 16.2 Å². The Balaban J connectivity index is 2.10. The van der Waals surface area contributed by atoms with Crippen molar-refractivity contribution in [2.45, 2.75) is 0 Å². The standard InChI is InChI=1S/C14H7N2OS/c1-2-7-12-9(4-1)13(16-18-12)10-5-3-6-11-14(10)15-8-17-11/h1-7H. The maximum absolute atomic E-state index is 5.21. The summed E-state index contributed by atoms with van der Waals surface area (Å²) < 4.78 is 10.9. The summed E-state index contributed by atoms with van der Waals surface area (Å²) in [5.41, 5.74) is 3.51. The number of hydrogen-bond donors (Lipinski definition) is 0. The molecular formula is C14H7N2OS. The lowest BCUT2D eigenvalue weighted by molar-refractivity contribution is 0.591. The van der Waals surface area contributed by atoms with Crippen LogP contribution in [0.5, 0.6) is 0 Å². The maximum atomic E-state index is 5.21. The summed E-state index contributed by atoms with van der Waals surface area (Å²) >= 11 is 1.50. The van der Waals surface area contributed by atoms with Gasteiger partial charge in [-0.15, -0.1) is 0 Å². The first-order chi connectivity index (χ1) is 8.93. The number of nitrogens with zero attached hydrogens (tertiary/aromatic N) is 2. The van der Waals surface area contributed by atoms with E-state index in [-0.39, 0.29) is 0 Å². The summed E-state index contributed by atoms with van der Waals surface area (Å²) in [7, 11) is 0. The minimum absolute atomic E-state index is 0.740. The molecule has 4 heteroatoms. The van der Waals surface area contributed by atoms with Gasteiger partial charge in [-0.2, -0.15) is 4.37 Å². The molecule has 0 aliphatic carbocycles. The molecule has 4 aromatic rings. The highest BCUT2D eigenvalue weighted by molar-refractivity contribution is 7.13. The highest BCUT2D eigenvalue weighted by atomic mass is 32.1. The molecule has 2 heterocycles. The van der Waals surface area contributed by atoms with Crippen LogP contribution in [0, 0.1) is 6.39 Å². The second-order valence-corrected chi connectivity index (χ2v) is 4.79. The molecule has 2 aromatic heterocycles. The van der Waals surface area contributed by atoms with Crippen LogP contribution in [0.2, 0.25) is 0 Å². The summed E-state index contributed by atoms with van der Waals surface area (Å²) in [4.78, 5) is 4.15. The molecule has 3 nitrogen and oxygen atoms in total. The van der Waals surface area contributed by atoms with E-state index < -0.39 is 0 Å². The number of hydrogen-bond acceptors (Lipinski definition) is 4. The molecule has 0 atom stereocenters. The first-order valence-electron chi connectivity index (χ1n) is 5.54. The third-order valence-electron chi connectivity index (χ3n) is 2.94. The van der Waals surface area contributed by atoms with Crippen LogP contribution < -0.4 is 0 Å². The Morgan fingerprint density at radius 3 is 3.00 bits per heavy atom. The topological polar surface area (TPSA) is 38.9 Å². The van der Waals surface area contributed by atoms with Crippen LogP contribution in [0.1, 0.15) is 0 Å². The Bertz CT molecular complexity index is 847. The van der Waals surface area contributed by atoms with Crippen molar-refractivity contribution in [1.82, 2.24) is 9.36 Å². The Morgan fingerprint density at radius 1 is 1.06 bits per heavy atom. The molecule has 0 aliphatic rings. The Hall–Kier alpha value is -2.20. The van der Waals surface area contributed by atoms with Crippen molar-refractivity contribution < 1.29 is 4.42 Å². The average Bonchev–Trinajstić information content (AvgIpc) is 3.05. The van der Waals surface area contributed by atoms with Crippen LogP contribution in [0.25, 0.3) is 32.4 Å². The van der Waals surface area contributed by atoms with Crippen molar-refractivity contribution >= 4 is 32.7 Å². The van der Waals surface area contributed by atoms with E-state index in [2.05, 4.69) is 27.9 Å². The van der Waals surface area contributed by atoms with Crippen molar-refractivity contribution in [1.29, 1.82) is 0 Å². The van der Waals surface area contributed by atoms with Crippen LogP contribution >= 0.6 is 11.5 Å². The molecule has 0 spiro atoms. The van der Waals surface area contributed by atoms with Crippen LogP contribution in [-0.2, 0) is 0 Å². The van der Waals surface area contributed by atoms with E-state index in [0.717, 1.165) is 27.7 Å². The summed E-state index contributed by atoms with van der Waals surface area (Å²) in [5, 5.41) is 1.15. The lowest BCUT2D eigenvalue weighted by Gasteiger charge is -1.98.